The smallest absolute Gasteiger partial charge is 0.342 e. The van der Waals surface area contributed by atoms with E-state index in [4.69, 9.17) is 5.11 Å². The summed E-state index contributed by atoms with van der Waals surface area (Å²) in [6.45, 7) is 1.89. The third-order valence-electron chi connectivity index (χ3n) is 2.84. The largest absolute Gasteiger partial charge is 0.477 e. The monoisotopic (exact) mass is 350 g/mol. The summed E-state index contributed by atoms with van der Waals surface area (Å²) >= 11 is 3.35. The maximum atomic E-state index is 11.2. The molecule has 0 fully saturated rings. The van der Waals surface area contributed by atoms with Crippen molar-refractivity contribution in [3.05, 3.63) is 62.1 Å². The van der Waals surface area contributed by atoms with E-state index in [1.807, 2.05) is 19.1 Å². The van der Waals surface area contributed by atoms with E-state index in [9.17, 15) is 14.9 Å². The number of nitrogens with zero attached hydrogens (tertiary/aromatic N) is 1. The van der Waals surface area contributed by atoms with Crippen LogP contribution in [0.2, 0.25) is 0 Å². The minimum Gasteiger partial charge on any atom is -0.477 e. The van der Waals surface area contributed by atoms with Crippen LogP contribution in [0, 0.1) is 17.0 Å². The van der Waals surface area contributed by atoms with Crippen molar-refractivity contribution in [1.82, 2.24) is 0 Å². The Balaban J connectivity index is 2.54. The number of carboxylic acid groups (broad SMARTS) is 1. The molecule has 2 aromatic carbocycles. The summed E-state index contributed by atoms with van der Waals surface area (Å²) in [4.78, 5) is 21.6. The number of aromatic carboxylic acids is 1. The summed E-state index contributed by atoms with van der Waals surface area (Å²) in [7, 11) is 0. The molecular weight excluding hydrogens is 340 g/mol. The molecule has 6 nitrogen and oxygen atoms in total. The van der Waals surface area contributed by atoms with Gasteiger partial charge in [0, 0.05) is 4.47 Å². The van der Waals surface area contributed by atoms with Gasteiger partial charge in [-0.05, 0) is 52.7 Å². The topological polar surface area (TPSA) is 92.5 Å². The van der Waals surface area contributed by atoms with Crippen molar-refractivity contribution in [3.63, 3.8) is 0 Å². The van der Waals surface area contributed by atoms with E-state index in [1.54, 1.807) is 6.07 Å². The van der Waals surface area contributed by atoms with Gasteiger partial charge in [0.15, 0.2) is 0 Å². The number of hydrogen-bond acceptors (Lipinski definition) is 4. The number of benzene rings is 2. The van der Waals surface area contributed by atoms with Crippen LogP contribution < -0.4 is 5.32 Å². The summed E-state index contributed by atoms with van der Waals surface area (Å²) in [6, 6.07) is 9.64. The van der Waals surface area contributed by atoms with Gasteiger partial charge in [-0.1, -0.05) is 12.1 Å². The Hall–Kier alpha value is -2.41. The number of para-hydroxylation sites is 1. The van der Waals surface area contributed by atoms with E-state index in [2.05, 4.69) is 21.2 Å². The Morgan fingerprint density at radius 3 is 2.62 bits per heavy atom. The summed E-state index contributed by atoms with van der Waals surface area (Å²) in [5.41, 5.74) is 0.914. The number of carbonyl (C=O) groups is 1. The minimum absolute atomic E-state index is 0.131. The number of hydrogen-bond donors (Lipinski definition) is 2. The zero-order valence-electron chi connectivity index (χ0n) is 11.0. The Labute approximate surface area is 128 Å². The highest BCUT2D eigenvalue weighted by Gasteiger charge is 2.24. The lowest BCUT2D eigenvalue weighted by molar-refractivity contribution is -0.384. The fourth-order valence-electron chi connectivity index (χ4n) is 1.89. The average molecular weight is 351 g/mol. The van der Waals surface area contributed by atoms with Crippen LogP contribution in [0.1, 0.15) is 15.9 Å². The molecule has 0 heterocycles. The Morgan fingerprint density at radius 1 is 1.29 bits per heavy atom. The fraction of sp³-hybridized carbons (Fsp3) is 0.0714. The number of nitro benzene ring substituents is 1. The lowest BCUT2D eigenvalue weighted by Crippen LogP contribution is -2.05. The first kappa shape index (κ1) is 15.0. The van der Waals surface area contributed by atoms with Crippen molar-refractivity contribution in [1.29, 1.82) is 0 Å². The van der Waals surface area contributed by atoms with Crippen molar-refractivity contribution in [2.75, 3.05) is 5.32 Å². The van der Waals surface area contributed by atoms with Crippen LogP contribution in [0.5, 0.6) is 0 Å². The van der Waals surface area contributed by atoms with Crippen molar-refractivity contribution >= 4 is 39.0 Å². The van der Waals surface area contributed by atoms with E-state index in [1.165, 1.54) is 18.2 Å². The fourth-order valence-corrected chi connectivity index (χ4v) is 2.24. The van der Waals surface area contributed by atoms with Gasteiger partial charge in [0.2, 0.25) is 0 Å². The number of carboxylic acids is 1. The Bertz CT molecular complexity index is 731. The predicted octanol–water partition coefficient (Wildman–Crippen LogP) is 4.11. The van der Waals surface area contributed by atoms with Crippen molar-refractivity contribution in [3.8, 4) is 0 Å². The molecular formula is C14H11BrN2O4. The molecule has 0 amide bonds. The van der Waals surface area contributed by atoms with E-state index < -0.39 is 16.6 Å². The van der Waals surface area contributed by atoms with Crippen molar-refractivity contribution in [2.45, 2.75) is 6.92 Å². The number of rotatable bonds is 4. The third kappa shape index (κ3) is 3.19. The van der Waals surface area contributed by atoms with Crippen LogP contribution in [0.3, 0.4) is 0 Å². The maximum absolute atomic E-state index is 11.2. The van der Waals surface area contributed by atoms with E-state index in [0.29, 0.717) is 5.69 Å². The van der Waals surface area contributed by atoms with Gasteiger partial charge in [0.1, 0.15) is 11.3 Å². The van der Waals surface area contributed by atoms with E-state index >= 15 is 0 Å². The second-order valence-electron chi connectivity index (χ2n) is 4.37. The number of nitro groups is 1. The summed E-state index contributed by atoms with van der Waals surface area (Å²) < 4.78 is 0.725. The molecule has 7 heteroatoms. The van der Waals surface area contributed by atoms with Crippen LogP contribution in [0.4, 0.5) is 17.1 Å². The second-order valence-corrected chi connectivity index (χ2v) is 5.23. The van der Waals surface area contributed by atoms with Crippen LogP contribution in [0.15, 0.2) is 40.9 Å². The minimum atomic E-state index is -1.34. The predicted molar refractivity (Wildman–Crippen MR) is 82.2 cm³/mol. The molecule has 21 heavy (non-hydrogen) atoms. The maximum Gasteiger partial charge on any atom is 0.342 e. The van der Waals surface area contributed by atoms with Crippen molar-refractivity contribution < 1.29 is 14.8 Å². The van der Waals surface area contributed by atoms with E-state index in [-0.39, 0.29) is 11.3 Å². The van der Waals surface area contributed by atoms with E-state index in [0.717, 1.165) is 10.0 Å². The molecule has 0 saturated heterocycles. The molecule has 0 aromatic heterocycles. The summed E-state index contributed by atoms with van der Waals surface area (Å²) in [5.74, 6) is -1.34. The average Bonchev–Trinajstić information content (AvgIpc) is 2.42. The lowest BCUT2D eigenvalue weighted by Gasteiger charge is -2.11. The van der Waals surface area contributed by atoms with Gasteiger partial charge in [-0.25, -0.2) is 4.79 Å². The molecule has 0 atom stereocenters. The molecule has 0 aliphatic carbocycles. The Kier molecular flexibility index (Phi) is 4.23. The van der Waals surface area contributed by atoms with Gasteiger partial charge in [0.05, 0.1) is 10.6 Å². The van der Waals surface area contributed by atoms with Crippen LogP contribution in [-0.2, 0) is 0 Å². The molecule has 2 N–H and O–H groups in total. The van der Waals surface area contributed by atoms with Crippen molar-refractivity contribution in [2.24, 2.45) is 0 Å². The first-order valence-corrected chi connectivity index (χ1v) is 6.73. The van der Waals surface area contributed by atoms with Gasteiger partial charge in [0.25, 0.3) is 0 Å². The zero-order valence-corrected chi connectivity index (χ0v) is 12.5. The van der Waals surface area contributed by atoms with Crippen LogP contribution >= 0.6 is 15.9 Å². The highest BCUT2D eigenvalue weighted by Crippen LogP contribution is 2.34. The highest BCUT2D eigenvalue weighted by atomic mass is 79.9. The number of aryl methyl sites for hydroxylation is 1. The number of nitrogens with one attached hydrogen (secondary N) is 1. The summed E-state index contributed by atoms with van der Waals surface area (Å²) in [5, 5.41) is 23.1. The Morgan fingerprint density at radius 2 is 2.00 bits per heavy atom. The SMILES string of the molecule is Cc1ccc(Br)c(Nc2cccc(C(=O)O)c2[N+](=O)[O-])c1. The standard InChI is InChI=1S/C14H11BrN2O4/c1-8-5-6-10(15)12(7-8)16-11-4-2-3-9(14(18)19)13(11)17(20)21/h2-7,16H,1H3,(H,18,19). The normalized spacial score (nSPS) is 10.2. The molecule has 108 valence electrons. The first-order chi connectivity index (χ1) is 9.90. The zero-order chi connectivity index (χ0) is 15.6. The number of halogens is 1. The molecule has 0 radical (unpaired) electrons. The lowest BCUT2D eigenvalue weighted by atomic mass is 10.1. The van der Waals surface area contributed by atoms with Gasteiger partial charge in [-0.15, -0.1) is 0 Å². The molecule has 0 aliphatic rings. The summed E-state index contributed by atoms with van der Waals surface area (Å²) in [6.07, 6.45) is 0. The van der Waals surface area contributed by atoms with Gasteiger partial charge >= 0.3 is 11.7 Å². The third-order valence-corrected chi connectivity index (χ3v) is 3.53. The molecule has 0 unspecified atom stereocenters. The molecule has 0 saturated carbocycles. The second kappa shape index (κ2) is 5.92. The number of anilines is 2. The molecule has 2 aromatic rings. The molecule has 0 bridgehead atoms. The van der Waals surface area contributed by atoms with Gasteiger partial charge in [-0.3, -0.25) is 10.1 Å². The van der Waals surface area contributed by atoms with Crippen LogP contribution in [0.25, 0.3) is 0 Å². The van der Waals surface area contributed by atoms with Crippen LogP contribution in [-0.4, -0.2) is 16.0 Å². The molecule has 2 rings (SSSR count). The quantitative estimate of drug-likeness (QED) is 0.639. The first-order valence-electron chi connectivity index (χ1n) is 5.94. The highest BCUT2D eigenvalue weighted by molar-refractivity contribution is 9.10. The van der Waals surface area contributed by atoms with Gasteiger partial charge < -0.3 is 10.4 Å². The molecule has 0 aliphatic heterocycles. The van der Waals surface area contributed by atoms with Gasteiger partial charge in [-0.2, -0.15) is 0 Å². The molecule has 0 spiro atoms.